The Morgan fingerprint density at radius 2 is 1.83 bits per heavy atom. The Labute approximate surface area is 176 Å². The quantitative estimate of drug-likeness (QED) is 0.350. The Morgan fingerprint density at radius 1 is 1.17 bits per heavy atom. The van der Waals surface area contributed by atoms with Gasteiger partial charge in [0, 0.05) is 76.0 Å². The molecule has 29 heavy (non-hydrogen) atoms. The monoisotopic (exact) mass is 380 g/mol. The van der Waals surface area contributed by atoms with Gasteiger partial charge in [0.25, 0.3) is 5.56 Å². The molecule has 8 nitrogen and oxygen atoms in total. The van der Waals surface area contributed by atoms with Gasteiger partial charge in [-0.25, -0.2) is 4.79 Å². The molecule has 2 aliphatic heterocycles. The summed E-state index contributed by atoms with van der Waals surface area (Å²) in [6.07, 6.45) is -6.15. The number of aliphatic hydroxyl groups excluding tert-OH is 3. The summed E-state index contributed by atoms with van der Waals surface area (Å²) in [6, 6.07) is 0. The number of aromatic amines is 1. The van der Waals surface area contributed by atoms with Crippen LogP contribution in [0.1, 0.15) is 17.6 Å². The van der Waals surface area contributed by atoms with Gasteiger partial charge in [0.05, 0.1) is 13.2 Å². The molecule has 5 atom stereocenters. The topological polar surface area (TPSA) is 125 Å². The highest BCUT2D eigenvalue weighted by Gasteiger charge is 2.52. The summed E-state index contributed by atoms with van der Waals surface area (Å²) < 4.78 is 6.36. The smallest absolute Gasteiger partial charge is 0.330 e. The fourth-order valence-electron chi connectivity index (χ4n) is 4.15. The van der Waals surface area contributed by atoms with Crippen LogP contribution in [-0.4, -0.2) is 121 Å². The minimum atomic E-state index is -1.47. The van der Waals surface area contributed by atoms with Crippen LogP contribution in [0.15, 0.2) is 15.8 Å². The van der Waals surface area contributed by atoms with Crippen LogP contribution in [0.4, 0.5) is 0 Å². The van der Waals surface area contributed by atoms with Gasteiger partial charge in [-0.05, 0) is 5.82 Å². The van der Waals surface area contributed by atoms with E-state index in [4.69, 9.17) is 43.4 Å². The Balaban J connectivity index is 1.90. The first-order valence-corrected chi connectivity index (χ1v) is 9.34. The molecule has 10 radical (unpaired) electrons. The second kappa shape index (κ2) is 8.73. The SMILES string of the molecule is [B]B([B])B([B])B(B([B])[B])B1CC1c1cn([C@@H]2O[C@H](CO)C(O)C2O)c(=O)[nH]c1=O. The zero-order chi connectivity index (χ0) is 21.6. The Kier molecular flexibility index (Phi) is 6.88. The number of hydrogen-bond donors (Lipinski definition) is 4. The van der Waals surface area contributed by atoms with E-state index < -0.39 is 67.9 Å². The molecule has 2 aliphatic rings. The number of aliphatic hydroxyl groups is 3. The summed E-state index contributed by atoms with van der Waals surface area (Å²) in [4.78, 5) is 26.8. The number of hydrogen-bond acceptors (Lipinski definition) is 6. The number of nitrogens with one attached hydrogen (secondary N) is 1. The van der Waals surface area contributed by atoms with Crippen LogP contribution in [0.3, 0.4) is 0 Å². The molecule has 3 rings (SSSR count). The first-order valence-electron chi connectivity index (χ1n) is 9.34. The van der Waals surface area contributed by atoms with Crippen molar-refractivity contribution in [3.8, 4) is 0 Å². The van der Waals surface area contributed by atoms with Gasteiger partial charge >= 0.3 is 5.69 Å². The molecule has 1 aromatic rings. The van der Waals surface area contributed by atoms with E-state index in [0.29, 0.717) is 6.32 Å². The maximum absolute atomic E-state index is 12.4. The van der Waals surface area contributed by atoms with E-state index in [1.807, 2.05) is 0 Å². The highest BCUT2D eigenvalue weighted by atomic mass is 16.6. The van der Waals surface area contributed by atoms with E-state index in [-0.39, 0.29) is 18.0 Å². The Hall–Kier alpha value is -0.831. The molecular weight excluding hydrogens is 364 g/mol. The van der Waals surface area contributed by atoms with Crippen LogP contribution >= 0.6 is 0 Å². The van der Waals surface area contributed by atoms with Gasteiger partial charge < -0.3 is 20.1 Å². The van der Waals surface area contributed by atoms with Gasteiger partial charge in [0.2, 0.25) is 0 Å². The zero-order valence-corrected chi connectivity index (χ0v) is 15.7. The fourth-order valence-corrected chi connectivity index (χ4v) is 4.15. The van der Waals surface area contributed by atoms with E-state index in [1.165, 1.54) is 6.20 Å². The first-order chi connectivity index (χ1) is 13.6. The van der Waals surface area contributed by atoms with Gasteiger partial charge in [-0.3, -0.25) is 14.3 Å². The maximum Gasteiger partial charge on any atom is 0.330 e. The number of nitrogens with zero attached hydrogens (tertiary/aromatic N) is 1. The third-order valence-electron chi connectivity index (χ3n) is 5.85. The van der Waals surface area contributed by atoms with Crippen molar-refractivity contribution in [1.82, 2.24) is 9.55 Å². The maximum atomic E-state index is 12.4. The van der Waals surface area contributed by atoms with Crippen molar-refractivity contribution < 1.29 is 20.1 Å². The van der Waals surface area contributed by atoms with Crippen LogP contribution in [0, 0.1) is 0 Å². The second-order valence-corrected chi connectivity index (χ2v) is 7.80. The molecule has 0 aromatic carbocycles. The van der Waals surface area contributed by atoms with Crippen molar-refractivity contribution in [3.63, 3.8) is 0 Å². The van der Waals surface area contributed by atoms with Crippen molar-refractivity contribution in [3.05, 3.63) is 32.6 Å². The molecule has 0 amide bonds. The van der Waals surface area contributed by atoms with Crippen molar-refractivity contribution in [2.75, 3.05) is 6.61 Å². The van der Waals surface area contributed by atoms with Crippen LogP contribution in [0.25, 0.3) is 0 Å². The molecule has 2 saturated heterocycles. The summed E-state index contributed by atoms with van der Waals surface area (Å²) in [5.74, 6) is -0.299. The molecule has 3 unspecified atom stereocenters. The van der Waals surface area contributed by atoms with Gasteiger partial charge in [-0.15, -0.1) is 0 Å². The van der Waals surface area contributed by atoms with Crippen LogP contribution < -0.4 is 11.2 Å². The second-order valence-electron chi connectivity index (χ2n) is 7.80. The molecule has 0 spiro atoms. The third kappa shape index (κ3) is 4.31. The standard InChI is InChI=1S/C11H14B10N2O6/c12-18(13)20(16)21(19(14)15)17-1-5(17)4-2-23(11(28)22-9(4)27)10-8(26)7(25)6(3-24)29-10/h2,5-8,10,24-26H,1,3H2,(H,22,27,28)/t5?,6-,7?,8?,10-/m1/s1. The highest BCUT2D eigenvalue weighted by Crippen LogP contribution is 2.41. The first kappa shape index (κ1) is 22.8. The van der Waals surface area contributed by atoms with Gasteiger partial charge in [0.15, 0.2) is 6.23 Å². The average molecular weight is 378 g/mol. The Morgan fingerprint density at radius 3 is 2.34 bits per heavy atom. The van der Waals surface area contributed by atoms with Crippen molar-refractivity contribution >= 4 is 70.8 Å². The molecule has 0 saturated carbocycles. The predicted molar refractivity (Wildman–Crippen MR) is 119 cm³/mol. The molecule has 4 N–H and O–H groups in total. The molecule has 0 aliphatic carbocycles. The van der Waals surface area contributed by atoms with Crippen molar-refractivity contribution in [1.29, 1.82) is 0 Å². The van der Waals surface area contributed by atoms with Crippen molar-refractivity contribution in [2.24, 2.45) is 0 Å². The van der Waals surface area contributed by atoms with Crippen molar-refractivity contribution in [2.45, 2.75) is 36.7 Å². The molecular formula is C11H14B10N2O6. The lowest BCUT2D eigenvalue weighted by Gasteiger charge is -2.25. The van der Waals surface area contributed by atoms with Gasteiger partial charge in [-0.1, -0.05) is 6.32 Å². The number of H-pyrrole nitrogens is 1. The van der Waals surface area contributed by atoms with E-state index in [1.54, 1.807) is 0 Å². The summed E-state index contributed by atoms with van der Waals surface area (Å²) in [5.41, 5.74) is -1.16. The lowest BCUT2D eigenvalue weighted by atomic mass is 8.57. The fraction of sp³-hybridized carbons (Fsp3) is 0.636. The normalized spacial score (nSPS) is 28.2. The Bertz CT molecular complexity index is 852. The molecule has 134 valence electrons. The van der Waals surface area contributed by atoms with Crippen LogP contribution in [-0.2, 0) is 4.74 Å². The summed E-state index contributed by atoms with van der Waals surface area (Å²) in [5, 5.41) is 29.3. The lowest BCUT2D eigenvalue weighted by molar-refractivity contribution is -0.0551. The minimum absolute atomic E-state index is 0.170. The number of rotatable bonds is 7. The molecule has 1 aromatic heterocycles. The predicted octanol–water partition coefficient (Wildman–Crippen LogP) is -6.10. The largest absolute Gasteiger partial charge is 0.394 e. The molecule has 3 heterocycles. The van der Waals surface area contributed by atoms with E-state index >= 15 is 0 Å². The molecule has 0 bridgehead atoms. The van der Waals surface area contributed by atoms with E-state index in [2.05, 4.69) is 4.98 Å². The minimum Gasteiger partial charge on any atom is -0.394 e. The summed E-state index contributed by atoms with van der Waals surface area (Å²) in [6.45, 7) is -0.714. The summed E-state index contributed by atoms with van der Waals surface area (Å²) >= 11 is 0. The van der Waals surface area contributed by atoms with Crippen LogP contribution in [0.5, 0.6) is 0 Å². The average Bonchev–Trinajstić information content (AvgIpc) is 3.35. The van der Waals surface area contributed by atoms with E-state index in [9.17, 15) is 24.9 Å². The van der Waals surface area contributed by atoms with Crippen LogP contribution in [0.2, 0.25) is 6.32 Å². The van der Waals surface area contributed by atoms with Gasteiger partial charge in [0.1, 0.15) is 18.3 Å². The summed E-state index contributed by atoms with van der Waals surface area (Å²) in [7, 11) is 29.1. The number of aromatic nitrogens is 2. The van der Waals surface area contributed by atoms with E-state index in [0.717, 1.165) is 4.57 Å². The van der Waals surface area contributed by atoms with Gasteiger partial charge in [-0.2, -0.15) is 0 Å². The number of ether oxygens (including phenoxy) is 1. The third-order valence-corrected chi connectivity index (χ3v) is 5.85. The highest BCUT2D eigenvalue weighted by molar-refractivity contribution is 8.00. The molecule has 2 fully saturated rings. The zero-order valence-electron chi connectivity index (χ0n) is 15.7. The molecule has 18 heteroatoms. The lowest BCUT2D eigenvalue weighted by Crippen LogP contribution is -2.63.